The second-order valence-corrected chi connectivity index (χ2v) is 4.73. The normalized spacial score (nSPS) is 11.1. The molecule has 1 aromatic heterocycles. The summed E-state index contributed by atoms with van der Waals surface area (Å²) < 4.78 is 0. The molecule has 0 spiro atoms. The minimum absolute atomic E-state index is 0.210. The molecule has 1 aromatic carbocycles. The van der Waals surface area contributed by atoms with Crippen LogP contribution in [-0.4, -0.2) is 22.3 Å². The van der Waals surface area contributed by atoms with E-state index in [1.807, 2.05) is 19.9 Å². The minimum Gasteiger partial charge on any atom is -0.478 e. The lowest BCUT2D eigenvalue weighted by Crippen LogP contribution is -2.00. The van der Waals surface area contributed by atoms with Crippen LogP contribution in [0.2, 0.25) is 0 Å². The zero-order valence-corrected chi connectivity index (χ0v) is 10.6. The van der Waals surface area contributed by atoms with E-state index in [0.717, 1.165) is 11.8 Å². The lowest BCUT2D eigenvalue weighted by Gasteiger charge is -2.08. The number of H-pyrrole nitrogens is 1. The number of benzene rings is 1. The maximum absolute atomic E-state index is 11.3. The van der Waals surface area contributed by atoms with Crippen LogP contribution < -0.4 is 0 Å². The van der Waals surface area contributed by atoms with Gasteiger partial charge in [-0.25, -0.2) is 4.79 Å². The Balaban J connectivity index is 2.89. The number of nitrogens with one attached hydrogen (secondary N) is 1. The predicted molar refractivity (Wildman–Crippen MR) is 69.5 cm³/mol. The van der Waals surface area contributed by atoms with Crippen molar-refractivity contribution in [2.45, 2.75) is 26.7 Å². The molecule has 0 aliphatic rings. The van der Waals surface area contributed by atoms with Crippen LogP contribution in [0.4, 0.5) is 0 Å². The molecule has 0 bridgehead atoms. The number of rotatable bonds is 3. The van der Waals surface area contributed by atoms with Crippen molar-refractivity contribution in [3.63, 3.8) is 0 Å². The molecular formula is C14H15NO3. The van der Waals surface area contributed by atoms with Crippen molar-refractivity contribution in [2.75, 3.05) is 0 Å². The summed E-state index contributed by atoms with van der Waals surface area (Å²) in [4.78, 5) is 25.4. The number of hydrogen-bond acceptors (Lipinski definition) is 2. The smallest absolute Gasteiger partial charge is 0.337 e. The number of fused-ring (bicyclic) bond motifs is 1. The molecular weight excluding hydrogens is 230 g/mol. The van der Waals surface area contributed by atoms with Gasteiger partial charge >= 0.3 is 5.97 Å². The van der Waals surface area contributed by atoms with Crippen LogP contribution in [0.5, 0.6) is 0 Å². The fourth-order valence-corrected chi connectivity index (χ4v) is 2.12. The van der Waals surface area contributed by atoms with Crippen molar-refractivity contribution in [1.29, 1.82) is 0 Å². The van der Waals surface area contributed by atoms with Crippen LogP contribution in [0.1, 0.15) is 51.7 Å². The fraction of sp³-hybridized carbons (Fsp3) is 0.286. The molecule has 0 fully saturated rings. The highest BCUT2D eigenvalue weighted by molar-refractivity contribution is 6.08. The summed E-state index contributed by atoms with van der Waals surface area (Å²) in [6.45, 7) is 5.75. The fourth-order valence-electron chi connectivity index (χ4n) is 2.12. The van der Waals surface area contributed by atoms with Gasteiger partial charge in [-0.2, -0.15) is 0 Å². The van der Waals surface area contributed by atoms with Crippen molar-refractivity contribution in [3.05, 3.63) is 34.5 Å². The molecule has 0 saturated heterocycles. The summed E-state index contributed by atoms with van der Waals surface area (Å²) in [6, 6.07) is 3.56. The number of aromatic carboxylic acids is 1. The van der Waals surface area contributed by atoms with Gasteiger partial charge in [-0.05, 0) is 30.5 Å². The molecule has 2 rings (SSSR count). The van der Waals surface area contributed by atoms with Crippen LogP contribution in [0.15, 0.2) is 12.1 Å². The molecule has 2 aromatic rings. The topological polar surface area (TPSA) is 70.2 Å². The van der Waals surface area contributed by atoms with Crippen LogP contribution in [0, 0.1) is 6.92 Å². The molecule has 0 atom stereocenters. The van der Waals surface area contributed by atoms with Gasteiger partial charge in [0.15, 0.2) is 6.29 Å². The number of carbonyl (C=O) groups excluding carboxylic acids is 1. The first kappa shape index (κ1) is 12.4. The average molecular weight is 245 g/mol. The molecule has 4 nitrogen and oxygen atoms in total. The first-order chi connectivity index (χ1) is 8.45. The van der Waals surface area contributed by atoms with Gasteiger partial charge in [0.2, 0.25) is 0 Å². The second kappa shape index (κ2) is 4.29. The molecule has 2 N–H and O–H groups in total. The van der Waals surface area contributed by atoms with Gasteiger partial charge in [-0.15, -0.1) is 0 Å². The van der Waals surface area contributed by atoms with E-state index >= 15 is 0 Å². The molecule has 18 heavy (non-hydrogen) atoms. The summed E-state index contributed by atoms with van der Waals surface area (Å²) in [5.41, 5.74) is 2.89. The van der Waals surface area contributed by atoms with Gasteiger partial charge < -0.3 is 10.1 Å². The summed E-state index contributed by atoms with van der Waals surface area (Å²) in [5.74, 6) is -0.775. The van der Waals surface area contributed by atoms with Gasteiger partial charge in [0.05, 0.1) is 11.1 Å². The Hall–Kier alpha value is -2.10. The highest BCUT2D eigenvalue weighted by Gasteiger charge is 2.17. The van der Waals surface area contributed by atoms with E-state index in [-0.39, 0.29) is 11.5 Å². The maximum atomic E-state index is 11.3. The number of aromatic nitrogens is 1. The monoisotopic (exact) mass is 245 g/mol. The van der Waals surface area contributed by atoms with Crippen molar-refractivity contribution in [3.8, 4) is 0 Å². The van der Waals surface area contributed by atoms with E-state index in [1.165, 1.54) is 0 Å². The third kappa shape index (κ3) is 1.79. The highest BCUT2D eigenvalue weighted by atomic mass is 16.4. The molecule has 1 heterocycles. The molecule has 0 radical (unpaired) electrons. The Kier molecular flexibility index (Phi) is 2.95. The SMILES string of the molecule is Cc1[nH]c2c(C(=O)O)cc(C(C)C)cc2c1C=O. The number of hydrogen-bond donors (Lipinski definition) is 2. The van der Waals surface area contributed by atoms with Crippen molar-refractivity contribution < 1.29 is 14.7 Å². The molecule has 0 amide bonds. The van der Waals surface area contributed by atoms with Gasteiger partial charge in [0.25, 0.3) is 0 Å². The van der Waals surface area contributed by atoms with Crippen LogP contribution in [0.3, 0.4) is 0 Å². The quantitative estimate of drug-likeness (QED) is 0.816. The van der Waals surface area contributed by atoms with Gasteiger partial charge in [0, 0.05) is 16.6 Å². The Morgan fingerprint density at radius 2 is 2.06 bits per heavy atom. The number of aromatic amines is 1. The Morgan fingerprint density at radius 1 is 1.39 bits per heavy atom. The molecule has 94 valence electrons. The van der Waals surface area contributed by atoms with Gasteiger partial charge in [-0.1, -0.05) is 13.8 Å². The van der Waals surface area contributed by atoms with E-state index < -0.39 is 5.97 Å². The Labute approximate surface area is 105 Å². The van der Waals surface area contributed by atoms with Crippen molar-refractivity contribution in [1.82, 2.24) is 4.98 Å². The molecule has 0 saturated carbocycles. The van der Waals surface area contributed by atoms with Crippen LogP contribution in [-0.2, 0) is 0 Å². The number of carboxylic acid groups (broad SMARTS) is 1. The first-order valence-electron chi connectivity index (χ1n) is 5.80. The van der Waals surface area contributed by atoms with E-state index in [9.17, 15) is 14.7 Å². The Morgan fingerprint density at radius 3 is 2.56 bits per heavy atom. The zero-order chi connectivity index (χ0) is 13.4. The number of carbonyl (C=O) groups is 2. The van der Waals surface area contributed by atoms with E-state index in [1.54, 1.807) is 13.0 Å². The Bertz CT molecular complexity index is 638. The lowest BCUT2D eigenvalue weighted by molar-refractivity contribution is 0.0698. The van der Waals surface area contributed by atoms with Crippen LogP contribution >= 0.6 is 0 Å². The summed E-state index contributed by atoms with van der Waals surface area (Å²) in [5, 5.41) is 9.94. The van der Waals surface area contributed by atoms with E-state index in [2.05, 4.69) is 4.98 Å². The lowest BCUT2D eigenvalue weighted by atomic mass is 9.97. The van der Waals surface area contributed by atoms with Crippen LogP contribution in [0.25, 0.3) is 10.9 Å². The third-order valence-corrected chi connectivity index (χ3v) is 3.18. The van der Waals surface area contributed by atoms with Gasteiger partial charge in [-0.3, -0.25) is 4.79 Å². The predicted octanol–water partition coefficient (Wildman–Crippen LogP) is 3.11. The largest absolute Gasteiger partial charge is 0.478 e. The summed E-state index contributed by atoms with van der Waals surface area (Å²) >= 11 is 0. The van der Waals surface area contributed by atoms with E-state index in [0.29, 0.717) is 22.2 Å². The summed E-state index contributed by atoms with van der Waals surface area (Å²) in [7, 11) is 0. The molecule has 0 aliphatic carbocycles. The standard InChI is InChI=1S/C14H15NO3/c1-7(2)9-4-10-12(6-16)8(3)15-13(10)11(5-9)14(17)18/h4-7,15H,1-3H3,(H,17,18). The van der Waals surface area contributed by atoms with E-state index in [4.69, 9.17) is 0 Å². The average Bonchev–Trinajstić information content (AvgIpc) is 2.62. The van der Waals surface area contributed by atoms with Crippen molar-refractivity contribution in [2.24, 2.45) is 0 Å². The highest BCUT2D eigenvalue weighted by Crippen LogP contribution is 2.28. The zero-order valence-electron chi connectivity index (χ0n) is 10.6. The maximum Gasteiger partial charge on any atom is 0.337 e. The minimum atomic E-state index is -0.985. The summed E-state index contributed by atoms with van der Waals surface area (Å²) in [6.07, 6.45) is 0.768. The van der Waals surface area contributed by atoms with Gasteiger partial charge in [0.1, 0.15) is 0 Å². The first-order valence-corrected chi connectivity index (χ1v) is 5.80. The molecule has 0 unspecified atom stereocenters. The number of aryl methyl sites for hydroxylation is 1. The third-order valence-electron chi connectivity index (χ3n) is 3.18. The number of aldehydes is 1. The molecule has 4 heteroatoms. The van der Waals surface area contributed by atoms with Crippen molar-refractivity contribution >= 4 is 23.2 Å². The number of carboxylic acids is 1. The molecule has 0 aliphatic heterocycles. The second-order valence-electron chi connectivity index (χ2n) is 4.73.